The SMILES string of the molecule is C[C@@H](C(N)=O)N(C)CCc1ccc(OCc2ccccc2)cc1. The third-order valence-corrected chi connectivity index (χ3v) is 4.00. The van der Waals surface area contributed by atoms with Gasteiger partial charge in [-0.05, 0) is 43.7 Å². The summed E-state index contributed by atoms with van der Waals surface area (Å²) in [5.74, 6) is 0.564. The van der Waals surface area contributed by atoms with E-state index in [2.05, 4.69) is 12.1 Å². The zero-order valence-electron chi connectivity index (χ0n) is 13.7. The number of ether oxygens (including phenoxy) is 1. The van der Waals surface area contributed by atoms with Crippen molar-refractivity contribution >= 4 is 5.91 Å². The molecule has 0 spiro atoms. The Balaban J connectivity index is 1.81. The van der Waals surface area contributed by atoms with Crippen LogP contribution in [0.15, 0.2) is 54.6 Å². The molecule has 4 nitrogen and oxygen atoms in total. The molecule has 1 amide bonds. The normalized spacial score (nSPS) is 12.1. The molecule has 0 unspecified atom stereocenters. The molecule has 0 fully saturated rings. The van der Waals surface area contributed by atoms with E-state index in [-0.39, 0.29) is 11.9 Å². The number of hydrogen-bond acceptors (Lipinski definition) is 3. The Kier molecular flexibility index (Phi) is 6.18. The maximum atomic E-state index is 11.1. The van der Waals surface area contributed by atoms with E-state index in [0.717, 1.165) is 24.3 Å². The van der Waals surface area contributed by atoms with Gasteiger partial charge in [-0.25, -0.2) is 0 Å². The Bertz CT molecular complexity index is 611. The molecule has 2 aromatic rings. The lowest BCUT2D eigenvalue weighted by atomic mass is 10.1. The van der Waals surface area contributed by atoms with Gasteiger partial charge < -0.3 is 10.5 Å². The van der Waals surface area contributed by atoms with E-state index in [9.17, 15) is 4.79 Å². The van der Waals surface area contributed by atoms with E-state index in [1.165, 1.54) is 5.56 Å². The van der Waals surface area contributed by atoms with Crippen LogP contribution in [-0.2, 0) is 17.8 Å². The zero-order chi connectivity index (χ0) is 16.7. The van der Waals surface area contributed by atoms with Crippen LogP contribution in [0.5, 0.6) is 5.75 Å². The van der Waals surface area contributed by atoms with Gasteiger partial charge >= 0.3 is 0 Å². The van der Waals surface area contributed by atoms with Crippen LogP contribution in [0.25, 0.3) is 0 Å². The molecule has 4 heteroatoms. The number of hydrogen-bond donors (Lipinski definition) is 1. The van der Waals surface area contributed by atoms with E-state index in [0.29, 0.717) is 6.61 Å². The lowest BCUT2D eigenvalue weighted by Crippen LogP contribution is -2.41. The van der Waals surface area contributed by atoms with Crippen molar-refractivity contribution in [1.29, 1.82) is 0 Å². The summed E-state index contributed by atoms with van der Waals surface area (Å²) in [6.07, 6.45) is 0.868. The first kappa shape index (κ1) is 17.0. The molecule has 0 aliphatic carbocycles. The van der Waals surface area contributed by atoms with Crippen LogP contribution in [0.4, 0.5) is 0 Å². The van der Waals surface area contributed by atoms with E-state index in [1.807, 2.05) is 61.3 Å². The maximum Gasteiger partial charge on any atom is 0.234 e. The van der Waals surface area contributed by atoms with E-state index in [4.69, 9.17) is 10.5 Å². The van der Waals surface area contributed by atoms with Gasteiger partial charge in [-0.1, -0.05) is 42.5 Å². The minimum atomic E-state index is -0.294. The fourth-order valence-corrected chi connectivity index (χ4v) is 2.21. The van der Waals surface area contributed by atoms with Crippen molar-refractivity contribution < 1.29 is 9.53 Å². The Labute approximate surface area is 137 Å². The van der Waals surface area contributed by atoms with Crippen LogP contribution in [0.2, 0.25) is 0 Å². The summed E-state index contributed by atoms with van der Waals surface area (Å²) in [5, 5.41) is 0. The minimum Gasteiger partial charge on any atom is -0.489 e. The summed E-state index contributed by atoms with van der Waals surface area (Å²) in [4.78, 5) is 13.1. The first-order valence-corrected chi connectivity index (χ1v) is 7.81. The molecule has 2 N–H and O–H groups in total. The van der Waals surface area contributed by atoms with Crippen LogP contribution in [0.1, 0.15) is 18.1 Å². The van der Waals surface area contributed by atoms with Crippen molar-refractivity contribution in [2.24, 2.45) is 5.73 Å². The molecule has 0 bridgehead atoms. The van der Waals surface area contributed by atoms with Gasteiger partial charge in [-0.3, -0.25) is 9.69 Å². The Morgan fingerprint density at radius 1 is 1.09 bits per heavy atom. The fraction of sp³-hybridized carbons (Fsp3) is 0.316. The van der Waals surface area contributed by atoms with Gasteiger partial charge in [-0.2, -0.15) is 0 Å². The van der Waals surface area contributed by atoms with E-state index >= 15 is 0 Å². The lowest BCUT2D eigenvalue weighted by Gasteiger charge is -2.21. The van der Waals surface area contributed by atoms with Gasteiger partial charge in [-0.15, -0.1) is 0 Å². The summed E-state index contributed by atoms with van der Waals surface area (Å²) >= 11 is 0. The maximum absolute atomic E-state index is 11.1. The molecule has 0 aliphatic rings. The summed E-state index contributed by atoms with van der Waals surface area (Å²) in [6.45, 7) is 3.18. The van der Waals surface area contributed by atoms with E-state index < -0.39 is 0 Å². The molecule has 0 radical (unpaired) electrons. The number of amides is 1. The van der Waals surface area contributed by atoms with Gasteiger partial charge in [0.05, 0.1) is 6.04 Å². The molecule has 2 aromatic carbocycles. The van der Waals surface area contributed by atoms with Gasteiger partial charge in [0.2, 0.25) is 5.91 Å². The quantitative estimate of drug-likeness (QED) is 0.815. The molecule has 122 valence electrons. The van der Waals surface area contributed by atoms with Crippen LogP contribution >= 0.6 is 0 Å². The monoisotopic (exact) mass is 312 g/mol. The third-order valence-electron chi connectivity index (χ3n) is 4.00. The number of primary amides is 1. The van der Waals surface area contributed by atoms with Crippen LogP contribution in [0.3, 0.4) is 0 Å². The number of rotatable bonds is 8. The topological polar surface area (TPSA) is 55.6 Å². The second-order valence-electron chi connectivity index (χ2n) is 5.73. The van der Waals surface area contributed by atoms with Crippen LogP contribution in [0, 0.1) is 0 Å². The van der Waals surface area contributed by atoms with Crippen molar-refractivity contribution in [3.8, 4) is 5.75 Å². The van der Waals surface area contributed by atoms with Crippen molar-refractivity contribution in [2.75, 3.05) is 13.6 Å². The molecule has 23 heavy (non-hydrogen) atoms. The van der Waals surface area contributed by atoms with Crippen molar-refractivity contribution in [1.82, 2.24) is 4.90 Å². The molecular formula is C19H24N2O2. The highest BCUT2D eigenvalue weighted by Gasteiger charge is 2.14. The summed E-state index contributed by atoms with van der Waals surface area (Å²) in [6, 6.07) is 17.9. The number of benzene rings is 2. The Morgan fingerprint density at radius 2 is 1.74 bits per heavy atom. The standard InChI is InChI=1S/C19H24N2O2/c1-15(19(20)22)21(2)13-12-16-8-10-18(11-9-16)23-14-17-6-4-3-5-7-17/h3-11,15H,12-14H2,1-2H3,(H2,20,22)/t15-/m0/s1. The molecular weight excluding hydrogens is 288 g/mol. The summed E-state index contributed by atoms with van der Waals surface area (Å²) in [7, 11) is 1.91. The number of nitrogens with zero attached hydrogens (tertiary/aromatic N) is 1. The van der Waals surface area contributed by atoms with Crippen LogP contribution in [-0.4, -0.2) is 30.4 Å². The third kappa shape index (κ3) is 5.42. The van der Waals surface area contributed by atoms with E-state index in [1.54, 1.807) is 0 Å². The average Bonchev–Trinajstić information content (AvgIpc) is 2.59. The van der Waals surface area contributed by atoms with Gasteiger partial charge in [0, 0.05) is 6.54 Å². The molecule has 0 saturated carbocycles. The summed E-state index contributed by atoms with van der Waals surface area (Å²) < 4.78 is 5.77. The largest absolute Gasteiger partial charge is 0.489 e. The van der Waals surface area contributed by atoms with Crippen molar-refractivity contribution in [2.45, 2.75) is 26.0 Å². The van der Waals surface area contributed by atoms with Gasteiger partial charge in [0.25, 0.3) is 0 Å². The minimum absolute atomic E-state index is 0.247. The second-order valence-corrected chi connectivity index (χ2v) is 5.73. The zero-order valence-corrected chi connectivity index (χ0v) is 13.7. The highest BCUT2D eigenvalue weighted by molar-refractivity contribution is 5.79. The Hall–Kier alpha value is -2.33. The van der Waals surface area contributed by atoms with Gasteiger partial charge in [0.1, 0.15) is 12.4 Å². The highest BCUT2D eigenvalue weighted by atomic mass is 16.5. The number of nitrogens with two attached hydrogens (primary N) is 1. The second kappa shape index (κ2) is 8.34. The summed E-state index contributed by atoms with van der Waals surface area (Å²) in [5.41, 5.74) is 7.67. The first-order valence-electron chi connectivity index (χ1n) is 7.81. The number of carbonyl (C=O) groups is 1. The molecule has 0 heterocycles. The fourth-order valence-electron chi connectivity index (χ4n) is 2.21. The molecule has 0 aromatic heterocycles. The molecule has 0 aliphatic heterocycles. The number of likely N-dealkylation sites (N-methyl/N-ethyl adjacent to an activating group) is 1. The number of carbonyl (C=O) groups excluding carboxylic acids is 1. The first-order chi connectivity index (χ1) is 11.1. The smallest absolute Gasteiger partial charge is 0.234 e. The molecule has 1 atom stereocenters. The highest BCUT2D eigenvalue weighted by Crippen LogP contribution is 2.15. The Morgan fingerprint density at radius 3 is 2.35 bits per heavy atom. The predicted molar refractivity (Wildman–Crippen MR) is 92.2 cm³/mol. The average molecular weight is 312 g/mol. The molecule has 0 saturated heterocycles. The van der Waals surface area contributed by atoms with Crippen LogP contribution < -0.4 is 10.5 Å². The van der Waals surface area contributed by atoms with Crippen molar-refractivity contribution in [3.63, 3.8) is 0 Å². The van der Waals surface area contributed by atoms with Gasteiger partial charge in [0.15, 0.2) is 0 Å². The molecule has 2 rings (SSSR count). The lowest BCUT2D eigenvalue weighted by molar-refractivity contribution is -0.122. The predicted octanol–water partition coefficient (Wildman–Crippen LogP) is 2.61. The van der Waals surface area contributed by atoms with Crippen molar-refractivity contribution in [3.05, 3.63) is 65.7 Å².